The number of nitro benzene ring substituents is 1. The Kier molecular flexibility index (Phi) is 2.76. The average molecular weight is 181 g/mol. The molecule has 0 aliphatic rings. The van der Waals surface area contributed by atoms with Crippen LogP contribution in [0.5, 0.6) is 0 Å². The molecule has 0 heterocycles. The zero-order chi connectivity index (χ0) is 9.14. The summed E-state index contributed by atoms with van der Waals surface area (Å²) in [6.07, 6.45) is 1.84. The Morgan fingerprint density at radius 2 is 2.25 bits per heavy atom. The highest BCUT2D eigenvalue weighted by Gasteiger charge is 2.13. The van der Waals surface area contributed by atoms with Crippen LogP contribution in [0.2, 0.25) is 0 Å². The topological polar surface area (TPSA) is 43.1 Å². The van der Waals surface area contributed by atoms with Crippen molar-refractivity contribution < 1.29 is 4.92 Å². The number of hydrogen-bond acceptors (Lipinski definition) is 3. The lowest BCUT2D eigenvalue weighted by Gasteiger charge is -2.01. The Morgan fingerprint density at radius 3 is 2.67 bits per heavy atom. The van der Waals surface area contributed by atoms with Crippen LogP contribution < -0.4 is 5.46 Å². The average Bonchev–Trinajstić information content (AvgIpc) is 2.03. The summed E-state index contributed by atoms with van der Waals surface area (Å²) in [7, 11) is 1.87. The quantitative estimate of drug-likeness (QED) is 0.290. The minimum absolute atomic E-state index is 0.197. The third kappa shape index (κ3) is 1.61. The number of rotatable bonds is 2. The molecule has 0 fully saturated rings. The maximum absolute atomic E-state index is 10.5. The van der Waals surface area contributed by atoms with Crippen LogP contribution in [0.1, 0.15) is 0 Å². The van der Waals surface area contributed by atoms with Crippen molar-refractivity contribution in [2.24, 2.45) is 0 Å². The third-order valence-corrected chi connectivity index (χ3v) is 2.53. The molecule has 0 saturated carbocycles. The van der Waals surface area contributed by atoms with E-state index in [1.165, 1.54) is 17.8 Å². The molecule has 1 aromatic carbocycles. The lowest BCUT2D eigenvalue weighted by Crippen LogP contribution is -2.07. The van der Waals surface area contributed by atoms with E-state index in [4.69, 9.17) is 0 Å². The van der Waals surface area contributed by atoms with Gasteiger partial charge in [-0.05, 0) is 6.26 Å². The molecule has 0 saturated heterocycles. The molecule has 0 atom stereocenters. The molecule has 0 spiro atoms. The van der Waals surface area contributed by atoms with Gasteiger partial charge in [-0.3, -0.25) is 10.1 Å². The summed E-state index contributed by atoms with van der Waals surface area (Å²) in [5, 5.41) is 10.5. The molecule has 62 valence electrons. The molecule has 0 bridgehead atoms. The van der Waals surface area contributed by atoms with Crippen molar-refractivity contribution in [1.82, 2.24) is 0 Å². The summed E-state index contributed by atoms with van der Waals surface area (Å²) in [5.74, 6) is 0. The zero-order valence-corrected chi connectivity index (χ0v) is 7.72. The summed E-state index contributed by atoms with van der Waals surface area (Å²) in [6.45, 7) is 0. The second kappa shape index (κ2) is 3.62. The molecular weight excluding hydrogens is 173 g/mol. The number of benzene rings is 1. The van der Waals surface area contributed by atoms with Gasteiger partial charge in [0, 0.05) is 6.07 Å². The normalized spacial score (nSPS) is 9.75. The number of nitrogens with zero attached hydrogens (tertiary/aromatic N) is 1. The number of hydrogen-bond donors (Lipinski definition) is 0. The molecule has 5 heteroatoms. The molecule has 0 amide bonds. The molecule has 0 aromatic heterocycles. The van der Waals surface area contributed by atoms with Gasteiger partial charge in [0.1, 0.15) is 7.85 Å². The van der Waals surface area contributed by atoms with Crippen molar-refractivity contribution in [2.45, 2.75) is 4.90 Å². The van der Waals surface area contributed by atoms with Gasteiger partial charge in [-0.1, -0.05) is 17.6 Å². The summed E-state index contributed by atoms with van der Waals surface area (Å²) in [6, 6.07) is 5.10. The molecule has 12 heavy (non-hydrogen) atoms. The summed E-state index contributed by atoms with van der Waals surface area (Å²) in [4.78, 5) is 10.9. The lowest BCUT2D eigenvalue weighted by atomic mass is 9.96. The van der Waals surface area contributed by atoms with Crippen LogP contribution in [0.15, 0.2) is 23.1 Å². The van der Waals surface area contributed by atoms with Crippen LogP contribution in [0, 0.1) is 10.1 Å². The fourth-order valence-corrected chi connectivity index (χ4v) is 1.79. The van der Waals surface area contributed by atoms with Gasteiger partial charge in [-0.2, -0.15) is 0 Å². The van der Waals surface area contributed by atoms with Crippen molar-refractivity contribution in [3.05, 3.63) is 28.3 Å². The first kappa shape index (κ1) is 9.13. The highest BCUT2D eigenvalue weighted by atomic mass is 32.2. The first-order valence-electron chi connectivity index (χ1n) is 3.45. The van der Waals surface area contributed by atoms with E-state index in [0.29, 0.717) is 0 Å². The Hall–Kier alpha value is -0.965. The molecule has 0 unspecified atom stereocenters. The van der Waals surface area contributed by atoms with Crippen molar-refractivity contribution in [3.8, 4) is 0 Å². The molecule has 1 aromatic rings. The maximum atomic E-state index is 10.5. The van der Waals surface area contributed by atoms with Gasteiger partial charge in [0.05, 0.1) is 9.82 Å². The minimum Gasteiger partial charge on any atom is -0.258 e. The molecule has 0 aliphatic carbocycles. The van der Waals surface area contributed by atoms with Gasteiger partial charge in [0.25, 0.3) is 5.69 Å². The second-order valence-electron chi connectivity index (χ2n) is 2.38. The van der Waals surface area contributed by atoms with Crippen LogP contribution >= 0.6 is 11.8 Å². The highest BCUT2D eigenvalue weighted by Crippen LogP contribution is 2.24. The van der Waals surface area contributed by atoms with E-state index >= 15 is 0 Å². The largest absolute Gasteiger partial charge is 0.282 e. The van der Waals surface area contributed by atoms with Crippen molar-refractivity contribution in [3.63, 3.8) is 0 Å². The van der Waals surface area contributed by atoms with Crippen molar-refractivity contribution in [1.29, 1.82) is 0 Å². The van der Waals surface area contributed by atoms with Gasteiger partial charge in [-0.25, -0.2) is 0 Å². The van der Waals surface area contributed by atoms with E-state index in [9.17, 15) is 10.1 Å². The summed E-state index contributed by atoms with van der Waals surface area (Å²) in [5.41, 5.74) is 1.15. The maximum Gasteiger partial charge on any atom is 0.282 e. The minimum atomic E-state index is -0.348. The molecule has 1 rings (SSSR count). The van der Waals surface area contributed by atoms with E-state index in [1.807, 2.05) is 20.2 Å². The summed E-state index contributed by atoms with van der Waals surface area (Å²) < 4.78 is 0. The van der Waals surface area contributed by atoms with Crippen molar-refractivity contribution in [2.75, 3.05) is 6.26 Å². The Balaban J connectivity index is 3.27. The molecule has 3 nitrogen and oxygen atoms in total. The predicted octanol–water partition coefficient (Wildman–Crippen LogP) is 0.575. The van der Waals surface area contributed by atoms with Crippen LogP contribution in [0.4, 0.5) is 5.69 Å². The van der Waals surface area contributed by atoms with Gasteiger partial charge in [0.2, 0.25) is 0 Å². The zero-order valence-electron chi connectivity index (χ0n) is 6.90. The fraction of sp³-hybridized carbons (Fsp3) is 0.143. The fourth-order valence-electron chi connectivity index (χ4n) is 1.05. The lowest BCUT2D eigenvalue weighted by molar-refractivity contribution is -0.387. The van der Waals surface area contributed by atoms with E-state index in [1.54, 1.807) is 6.07 Å². The smallest absolute Gasteiger partial charge is 0.258 e. The first-order valence-corrected chi connectivity index (χ1v) is 4.67. The SMILES string of the molecule is Bc1cccc([N+](=O)[O-])c1SC. The number of nitro groups is 1. The summed E-state index contributed by atoms with van der Waals surface area (Å²) >= 11 is 1.41. The highest BCUT2D eigenvalue weighted by molar-refractivity contribution is 7.99. The van der Waals surface area contributed by atoms with E-state index in [0.717, 1.165) is 10.4 Å². The molecule has 0 radical (unpaired) electrons. The Morgan fingerprint density at radius 1 is 1.58 bits per heavy atom. The molecular formula is C7H8BNO2S. The Labute approximate surface area is 75.7 Å². The van der Waals surface area contributed by atoms with Gasteiger partial charge in [0.15, 0.2) is 0 Å². The monoisotopic (exact) mass is 181 g/mol. The van der Waals surface area contributed by atoms with Crippen LogP contribution in [0.25, 0.3) is 0 Å². The van der Waals surface area contributed by atoms with Gasteiger partial charge < -0.3 is 0 Å². The van der Waals surface area contributed by atoms with Crippen LogP contribution in [0.3, 0.4) is 0 Å². The van der Waals surface area contributed by atoms with Crippen LogP contribution in [-0.2, 0) is 0 Å². The number of thioether (sulfide) groups is 1. The van der Waals surface area contributed by atoms with Crippen LogP contribution in [-0.4, -0.2) is 19.0 Å². The Bertz CT molecular complexity index is 316. The van der Waals surface area contributed by atoms with Crippen molar-refractivity contribution >= 4 is 30.8 Å². The second-order valence-corrected chi connectivity index (χ2v) is 3.20. The van der Waals surface area contributed by atoms with Gasteiger partial charge in [-0.15, -0.1) is 11.8 Å². The molecule has 0 N–H and O–H groups in total. The molecule has 0 aliphatic heterocycles. The van der Waals surface area contributed by atoms with E-state index in [2.05, 4.69) is 0 Å². The van der Waals surface area contributed by atoms with Gasteiger partial charge >= 0.3 is 0 Å². The third-order valence-electron chi connectivity index (χ3n) is 1.59. The van der Waals surface area contributed by atoms with E-state index < -0.39 is 0 Å². The first-order chi connectivity index (χ1) is 5.66. The van der Waals surface area contributed by atoms with E-state index in [-0.39, 0.29) is 10.6 Å². The predicted molar refractivity (Wildman–Crippen MR) is 53.1 cm³/mol. The standard InChI is InChI=1S/C7H8BNO2S/c1-12-7-5(8)3-2-4-6(7)9(10)11/h2-4H,8H2,1H3.